The zero-order valence-electron chi connectivity index (χ0n) is 15.6. The first-order chi connectivity index (χ1) is 13.2. The van der Waals surface area contributed by atoms with Gasteiger partial charge < -0.3 is 5.11 Å². The van der Waals surface area contributed by atoms with Crippen LogP contribution in [0.2, 0.25) is 0 Å². The molecule has 0 bridgehead atoms. The Balaban J connectivity index is 1.39. The average molecular weight is 366 g/mol. The lowest BCUT2D eigenvalue weighted by molar-refractivity contribution is -0.0102. The molecular formula is C23H27FN2O. The van der Waals surface area contributed by atoms with E-state index in [0.717, 1.165) is 51.1 Å². The first kappa shape index (κ1) is 18.4. The van der Waals surface area contributed by atoms with E-state index >= 15 is 0 Å². The minimum atomic E-state index is -0.277. The van der Waals surface area contributed by atoms with Crippen molar-refractivity contribution < 1.29 is 9.50 Å². The Labute approximate surface area is 160 Å². The molecule has 2 heterocycles. The SMILES string of the molecule is O[C@H]1CCN(Cc2ccc(F)cc2)C[C@@H]1N1CC=C(c2ccccc2)CC1. The number of rotatable bonds is 4. The van der Waals surface area contributed by atoms with Crippen LogP contribution in [0.1, 0.15) is 24.0 Å². The second-order valence-corrected chi connectivity index (χ2v) is 7.63. The molecule has 142 valence electrons. The van der Waals surface area contributed by atoms with Gasteiger partial charge in [-0.15, -0.1) is 0 Å². The maximum atomic E-state index is 13.1. The maximum Gasteiger partial charge on any atom is 0.123 e. The summed E-state index contributed by atoms with van der Waals surface area (Å²) in [4.78, 5) is 4.79. The average Bonchev–Trinajstić information content (AvgIpc) is 2.72. The number of hydrogen-bond acceptors (Lipinski definition) is 3. The Kier molecular flexibility index (Phi) is 5.67. The van der Waals surface area contributed by atoms with Gasteiger partial charge >= 0.3 is 0 Å². The van der Waals surface area contributed by atoms with Crippen LogP contribution < -0.4 is 0 Å². The van der Waals surface area contributed by atoms with Gasteiger partial charge in [-0.25, -0.2) is 4.39 Å². The molecular weight excluding hydrogens is 339 g/mol. The fourth-order valence-corrected chi connectivity index (χ4v) is 4.24. The van der Waals surface area contributed by atoms with E-state index in [9.17, 15) is 9.50 Å². The molecule has 27 heavy (non-hydrogen) atoms. The predicted octanol–water partition coefficient (Wildman–Crippen LogP) is 3.55. The van der Waals surface area contributed by atoms with Crippen molar-refractivity contribution in [1.82, 2.24) is 9.80 Å². The monoisotopic (exact) mass is 366 g/mol. The highest BCUT2D eigenvalue weighted by atomic mass is 19.1. The second-order valence-electron chi connectivity index (χ2n) is 7.63. The minimum absolute atomic E-state index is 0.160. The molecule has 1 saturated heterocycles. The van der Waals surface area contributed by atoms with Crippen LogP contribution in [-0.4, -0.2) is 53.2 Å². The maximum absolute atomic E-state index is 13.1. The Morgan fingerprint density at radius 3 is 2.48 bits per heavy atom. The van der Waals surface area contributed by atoms with E-state index in [-0.39, 0.29) is 18.0 Å². The van der Waals surface area contributed by atoms with Gasteiger partial charge in [0.25, 0.3) is 0 Å². The number of benzene rings is 2. The molecule has 2 aliphatic rings. The second kappa shape index (κ2) is 8.34. The predicted molar refractivity (Wildman–Crippen MR) is 107 cm³/mol. The number of aliphatic hydroxyl groups is 1. The van der Waals surface area contributed by atoms with E-state index < -0.39 is 0 Å². The first-order valence-corrected chi connectivity index (χ1v) is 9.82. The molecule has 0 aromatic heterocycles. The molecule has 2 aromatic carbocycles. The summed E-state index contributed by atoms with van der Waals surface area (Å²) in [5.41, 5.74) is 3.83. The molecule has 2 aromatic rings. The van der Waals surface area contributed by atoms with Gasteiger partial charge in [-0.1, -0.05) is 48.5 Å². The fourth-order valence-electron chi connectivity index (χ4n) is 4.24. The highest BCUT2D eigenvalue weighted by Gasteiger charge is 2.32. The van der Waals surface area contributed by atoms with Gasteiger partial charge in [0.1, 0.15) is 5.82 Å². The molecule has 0 aliphatic carbocycles. The lowest BCUT2D eigenvalue weighted by Gasteiger charge is -2.43. The van der Waals surface area contributed by atoms with Crippen molar-refractivity contribution in [3.05, 3.63) is 77.6 Å². The molecule has 1 N–H and O–H groups in total. The van der Waals surface area contributed by atoms with Gasteiger partial charge in [-0.05, 0) is 41.7 Å². The van der Waals surface area contributed by atoms with E-state index in [2.05, 4.69) is 40.1 Å². The lowest BCUT2D eigenvalue weighted by atomic mass is 9.95. The molecule has 3 nitrogen and oxygen atoms in total. The number of piperidine rings is 1. The summed E-state index contributed by atoms with van der Waals surface area (Å²) in [5, 5.41) is 10.6. The number of hydrogen-bond donors (Lipinski definition) is 1. The summed E-state index contributed by atoms with van der Waals surface area (Å²) in [6, 6.07) is 17.5. The van der Waals surface area contributed by atoms with Crippen LogP contribution in [0.4, 0.5) is 4.39 Å². The Morgan fingerprint density at radius 2 is 1.78 bits per heavy atom. The Bertz CT molecular complexity index is 775. The summed E-state index contributed by atoms with van der Waals surface area (Å²) in [6.07, 6.45) is 3.84. The smallest absolute Gasteiger partial charge is 0.123 e. The van der Waals surface area contributed by atoms with Crippen LogP contribution in [0.3, 0.4) is 0 Å². The van der Waals surface area contributed by atoms with Gasteiger partial charge in [0.05, 0.1) is 6.10 Å². The van der Waals surface area contributed by atoms with Crippen LogP contribution in [-0.2, 0) is 6.54 Å². The van der Waals surface area contributed by atoms with E-state index in [1.165, 1.54) is 23.3 Å². The van der Waals surface area contributed by atoms with Gasteiger partial charge in [0.2, 0.25) is 0 Å². The van der Waals surface area contributed by atoms with E-state index in [4.69, 9.17) is 0 Å². The van der Waals surface area contributed by atoms with E-state index in [1.54, 1.807) is 0 Å². The third-order valence-corrected chi connectivity index (χ3v) is 5.80. The van der Waals surface area contributed by atoms with Gasteiger partial charge in [-0.3, -0.25) is 9.80 Å². The van der Waals surface area contributed by atoms with Crippen LogP contribution in [0.25, 0.3) is 5.57 Å². The summed E-state index contributed by atoms with van der Waals surface area (Å²) < 4.78 is 13.1. The van der Waals surface area contributed by atoms with Crippen LogP contribution in [0.15, 0.2) is 60.7 Å². The van der Waals surface area contributed by atoms with Crippen LogP contribution >= 0.6 is 0 Å². The highest BCUT2D eigenvalue weighted by molar-refractivity contribution is 5.66. The van der Waals surface area contributed by atoms with Crippen molar-refractivity contribution in [2.45, 2.75) is 31.5 Å². The van der Waals surface area contributed by atoms with Gasteiger partial charge in [0.15, 0.2) is 0 Å². The number of aliphatic hydroxyl groups excluding tert-OH is 1. The zero-order chi connectivity index (χ0) is 18.6. The summed E-state index contributed by atoms with van der Waals surface area (Å²) in [5.74, 6) is -0.194. The Hall–Kier alpha value is -2.01. The molecule has 0 amide bonds. The van der Waals surface area contributed by atoms with Crippen LogP contribution in [0, 0.1) is 5.82 Å². The largest absolute Gasteiger partial charge is 0.391 e. The van der Waals surface area contributed by atoms with Gasteiger partial charge in [-0.2, -0.15) is 0 Å². The number of likely N-dealkylation sites (tertiary alicyclic amines) is 1. The van der Waals surface area contributed by atoms with Crippen molar-refractivity contribution in [2.75, 3.05) is 26.2 Å². The van der Waals surface area contributed by atoms with Crippen molar-refractivity contribution in [1.29, 1.82) is 0 Å². The summed E-state index contributed by atoms with van der Waals surface area (Å²) in [6.45, 7) is 4.41. The minimum Gasteiger partial charge on any atom is -0.391 e. The summed E-state index contributed by atoms with van der Waals surface area (Å²) in [7, 11) is 0. The molecule has 2 atom stereocenters. The standard InChI is InChI=1S/C23H27FN2O/c24-21-8-6-18(7-9-21)16-25-13-12-23(27)22(17-25)26-14-10-20(11-15-26)19-4-2-1-3-5-19/h1-10,22-23,27H,11-17H2/t22-,23-/m0/s1. The lowest BCUT2D eigenvalue weighted by Crippen LogP contribution is -2.55. The molecule has 0 saturated carbocycles. The fraction of sp³-hybridized carbons (Fsp3) is 0.391. The third-order valence-electron chi connectivity index (χ3n) is 5.80. The van der Waals surface area contributed by atoms with Crippen LogP contribution in [0.5, 0.6) is 0 Å². The van der Waals surface area contributed by atoms with Crippen molar-refractivity contribution in [3.63, 3.8) is 0 Å². The molecule has 4 rings (SSSR count). The molecule has 0 radical (unpaired) electrons. The topological polar surface area (TPSA) is 26.7 Å². The van der Waals surface area contributed by atoms with E-state index in [0.29, 0.717) is 0 Å². The summed E-state index contributed by atoms with van der Waals surface area (Å²) >= 11 is 0. The van der Waals surface area contributed by atoms with Crippen molar-refractivity contribution >= 4 is 5.57 Å². The molecule has 0 unspecified atom stereocenters. The first-order valence-electron chi connectivity index (χ1n) is 9.82. The molecule has 0 spiro atoms. The van der Waals surface area contributed by atoms with Crippen molar-refractivity contribution in [2.24, 2.45) is 0 Å². The number of nitrogens with zero attached hydrogens (tertiary/aromatic N) is 2. The quantitative estimate of drug-likeness (QED) is 0.896. The molecule has 1 fully saturated rings. The van der Waals surface area contributed by atoms with E-state index in [1.807, 2.05) is 18.2 Å². The molecule has 2 aliphatic heterocycles. The van der Waals surface area contributed by atoms with Gasteiger partial charge in [0, 0.05) is 38.8 Å². The molecule has 4 heteroatoms. The van der Waals surface area contributed by atoms with Crippen molar-refractivity contribution in [3.8, 4) is 0 Å². The zero-order valence-corrected chi connectivity index (χ0v) is 15.6. The highest BCUT2D eigenvalue weighted by Crippen LogP contribution is 2.26. The Morgan fingerprint density at radius 1 is 1.00 bits per heavy atom. The normalized spacial score (nSPS) is 24.6. The number of halogens is 1. The third kappa shape index (κ3) is 4.46.